The van der Waals surface area contributed by atoms with Crippen molar-refractivity contribution in [3.63, 3.8) is 0 Å². The Morgan fingerprint density at radius 2 is 0.838 bits per heavy atom. The normalized spacial score (nSPS) is 16.2. The molecule has 0 saturated carbocycles. The molecule has 8 aromatic rings. The SMILES string of the molecule is C.CCOc1ccc(/C=C2\SC(=S)N(CC(=O)O)C2=O)cc1.COc1ccc(/C=C2\SC(=S)N(CC(=O)O)C2=O)cc1OCc1ccccc1F.Cc1cccc(C(=O)Oc2ccc(/C=C3\SC(=S)N(CC(=O)O)C3=O)cc2)c1.O=C(O)CN1C(=O)/C(=C/c2ccc(N3CCCC3)c(F)c2)SC1=S.O=C(O)CN1C(=O)/C(=C/c2ccccc2OCc2ccc(Cl)cc2)SC1=S. The molecule has 0 aromatic heterocycles. The Bertz CT molecular complexity index is 5940. The van der Waals surface area contributed by atoms with Gasteiger partial charge in [-0.15, -0.1) is 0 Å². The third-order valence-electron chi connectivity index (χ3n) is 18.0. The average molecular weight is 1970 g/mol. The molecule has 6 saturated heterocycles. The minimum atomic E-state index is -1.14. The van der Waals surface area contributed by atoms with Crippen LogP contribution in [0.2, 0.25) is 5.02 Å². The van der Waals surface area contributed by atoms with Crippen molar-refractivity contribution in [3.8, 4) is 28.7 Å². The number of thiocarbonyl (C=S) groups is 5. The quantitative estimate of drug-likeness (QED) is 0.0138. The number of amides is 5. The van der Waals surface area contributed by atoms with Crippen molar-refractivity contribution in [1.82, 2.24) is 24.5 Å². The van der Waals surface area contributed by atoms with Gasteiger partial charge in [-0.1, -0.05) is 242 Å². The van der Waals surface area contributed by atoms with E-state index in [9.17, 15) is 61.5 Å². The van der Waals surface area contributed by atoms with Crippen molar-refractivity contribution in [2.24, 2.45) is 0 Å². The van der Waals surface area contributed by atoms with Crippen molar-refractivity contribution in [3.05, 3.63) is 273 Å². The zero-order chi connectivity index (χ0) is 93.3. The maximum absolute atomic E-state index is 14.3. The summed E-state index contributed by atoms with van der Waals surface area (Å²) < 4.78 is 56.8. The fourth-order valence-electron chi connectivity index (χ4n) is 12.0. The molecule has 0 bridgehead atoms. The summed E-state index contributed by atoms with van der Waals surface area (Å²) in [6.45, 7) is 4.17. The second kappa shape index (κ2) is 48.6. The van der Waals surface area contributed by atoms with Crippen LogP contribution < -0.4 is 28.6 Å². The van der Waals surface area contributed by atoms with Crippen molar-refractivity contribution in [2.45, 2.75) is 47.3 Å². The summed E-state index contributed by atoms with van der Waals surface area (Å²) in [5.41, 5.74) is 6.77. The predicted octanol–water partition coefficient (Wildman–Crippen LogP) is 17.1. The number of aliphatic carboxylic acids is 5. The van der Waals surface area contributed by atoms with E-state index in [1.165, 1.54) is 25.3 Å². The third kappa shape index (κ3) is 29.0. The third-order valence-corrected chi connectivity index (χ3v) is 25.2. The van der Waals surface area contributed by atoms with E-state index in [1.54, 1.807) is 133 Å². The average Bonchev–Trinajstić information content (AvgIpc) is 1.67. The number of carboxylic acid groups (broad SMARTS) is 5. The number of anilines is 1. The largest absolute Gasteiger partial charge is 0.494 e. The first-order valence-corrected chi connectivity index (χ1v) is 44.7. The number of rotatable bonds is 27. The number of nitrogens with zero attached hydrogens (tertiary/aromatic N) is 6. The van der Waals surface area contributed by atoms with E-state index < -0.39 is 92.2 Å². The molecule has 14 rings (SSSR count). The van der Waals surface area contributed by atoms with Crippen molar-refractivity contribution >= 4 is 255 Å². The molecule has 6 heterocycles. The number of para-hydroxylation sites is 1. The molecule has 130 heavy (non-hydrogen) atoms. The molecule has 0 radical (unpaired) electrons. The highest BCUT2D eigenvalue weighted by atomic mass is 35.5. The second-order valence-electron chi connectivity index (χ2n) is 27.3. The Labute approximate surface area is 797 Å². The van der Waals surface area contributed by atoms with Crippen LogP contribution in [-0.4, -0.2) is 197 Å². The van der Waals surface area contributed by atoms with Crippen LogP contribution in [0.4, 0.5) is 14.5 Å². The molecule has 6 aliphatic heterocycles. The zero-order valence-electron chi connectivity index (χ0n) is 67.9. The molecular weight excluding hydrogens is 1900 g/mol. The molecule has 5 N–H and O–H groups in total. The van der Waals surface area contributed by atoms with E-state index in [2.05, 4.69) is 0 Å². The maximum Gasteiger partial charge on any atom is 0.343 e. The summed E-state index contributed by atoms with van der Waals surface area (Å²) in [6.07, 6.45) is 10.2. The fraction of sp³-hybridized carbons (Fsp3) is 0.178. The van der Waals surface area contributed by atoms with E-state index >= 15 is 0 Å². The van der Waals surface area contributed by atoms with Gasteiger partial charge in [0, 0.05) is 29.2 Å². The van der Waals surface area contributed by atoms with Gasteiger partial charge >= 0.3 is 35.8 Å². The number of esters is 1. The maximum atomic E-state index is 14.3. The van der Waals surface area contributed by atoms with E-state index in [-0.39, 0.29) is 53.2 Å². The van der Waals surface area contributed by atoms with Gasteiger partial charge in [0.25, 0.3) is 29.5 Å². The van der Waals surface area contributed by atoms with Gasteiger partial charge in [-0.3, -0.25) is 72.4 Å². The second-order valence-corrected chi connectivity index (χ2v) is 36.1. The summed E-state index contributed by atoms with van der Waals surface area (Å²) in [5.74, 6) is -6.33. The number of benzene rings is 8. The number of carboxylic acids is 5. The van der Waals surface area contributed by atoms with Gasteiger partial charge in [0.05, 0.1) is 49.5 Å². The molecule has 40 heteroatoms. The van der Waals surface area contributed by atoms with Crippen molar-refractivity contribution < 1.29 is 111 Å². The van der Waals surface area contributed by atoms with E-state index in [0.29, 0.717) is 105 Å². The Kier molecular flexibility index (Phi) is 38.0. The molecule has 674 valence electrons. The topological polar surface area (TPSA) is 355 Å². The lowest BCUT2D eigenvalue weighted by Gasteiger charge is -2.18. The number of hydrogen-bond donors (Lipinski definition) is 5. The first-order chi connectivity index (χ1) is 61.6. The molecule has 0 spiro atoms. The molecule has 6 fully saturated rings. The minimum Gasteiger partial charge on any atom is -0.494 e. The monoisotopic (exact) mass is 1970 g/mol. The zero-order valence-corrected chi connectivity index (χ0v) is 76.8. The lowest BCUT2D eigenvalue weighted by atomic mass is 10.1. The molecule has 27 nitrogen and oxygen atoms in total. The molecule has 0 aliphatic carbocycles. The molecule has 0 atom stereocenters. The van der Waals surface area contributed by atoms with Crippen LogP contribution in [0.5, 0.6) is 28.7 Å². The summed E-state index contributed by atoms with van der Waals surface area (Å²) in [7, 11) is 1.49. The summed E-state index contributed by atoms with van der Waals surface area (Å²) >= 11 is 36.5. The fourth-order valence-corrected chi connectivity index (χ4v) is 18.4. The highest BCUT2D eigenvalue weighted by Crippen LogP contribution is 2.40. The number of aryl methyl sites for hydroxylation is 1. The Balaban J connectivity index is 0.000000184. The van der Waals surface area contributed by atoms with Gasteiger partial charge in [-0.05, 0) is 170 Å². The summed E-state index contributed by atoms with van der Waals surface area (Å²) in [6, 6.07) is 51.8. The number of halogens is 3. The molecule has 6 aliphatic rings. The van der Waals surface area contributed by atoms with Gasteiger partial charge in [-0.25, -0.2) is 13.6 Å². The van der Waals surface area contributed by atoms with Gasteiger partial charge in [0.15, 0.2) is 11.5 Å². The predicted molar refractivity (Wildman–Crippen MR) is 518 cm³/mol. The van der Waals surface area contributed by atoms with Crippen LogP contribution in [0, 0.1) is 18.6 Å². The van der Waals surface area contributed by atoms with Crippen LogP contribution in [0.15, 0.2) is 207 Å². The molecule has 0 unspecified atom stereocenters. The smallest absolute Gasteiger partial charge is 0.343 e. The molecule has 8 aromatic carbocycles. The molecule has 5 amide bonds. The van der Waals surface area contributed by atoms with Crippen LogP contribution in [0.25, 0.3) is 30.4 Å². The van der Waals surface area contributed by atoms with Crippen molar-refractivity contribution in [1.29, 1.82) is 0 Å². The highest BCUT2D eigenvalue weighted by molar-refractivity contribution is 8.28. The van der Waals surface area contributed by atoms with Gasteiger partial charge in [0.1, 0.15) is 96.4 Å². The summed E-state index contributed by atoms with van der Waals surface area (Å²) in [4.78, 5) is 137. The van der Waals surface area contributed by atoms with Crippen LogP contribution in [0.3, 0.4) is 0 Å². The lowest BCUT2D eigenvalue weighted by Crippen LogP contribution is -2.33. The Morgan fingerprint density at radius 1 is 0.431 bits per heavy atom. The number of carbonyl (C=O) groups excluding carboxylic acids is 6. The number of ether oxygens (including phenoxy) is 5. The molecular formula is C90H77ClF2N6O21S10. The number of carbonyl (C=O) groups is 11. The van der Waals surface area contributed by atoms with E-state index in [1.807, 2.05) is 79.4 Å². The first kappa shape index (κ1) is 102. The van der Waals surface area contributed by atoms with Crippen LogP contribution in [0.1, 0.15) is 82.1 Å². The number of hydrogen-bond acceptors (Lipinski definition) is 27. The highest BCUT2D eigenvalue weighted by Gasteiger charge is 2.38. The Hall–Kier alpha value is -12.0. The van der Waals surface area contributed by atoms with Crippen molar-refractivity contribution in [2.75, 3.05) is 64.4 Å². The van der Waals surface area contributed by atoms with Crippen LogP contribution in [-0.2, 0) is 61.2 Å². The lowest BCUT2D eigenvalue weighted by molar-refractivity contribution is -0.140. The van der Waals surface area contributed by atoms with E-state index in [4.69, 9.17) is 122 Å². The van der Waals surface area contributed by atoms with Gasteiger partial charge < -0.3 is 54.1 Å². The van der Waals surface area contributed by atoms with E-state index in [0.717, 1.165) is 132 Å². The standard InChI is InChI=1S/C20H16FNO5S2.C20H15NO5S2.C19H14ClNO4S2.C16H15FN2O3S2.C14H13NO4S2.CH4/c1-26-15-7-6-12(8-16(15)27-11-13-4-2-3-5-14(13)21)9-17-19(25)22(10-18(23)24)20(28)29-17;1-12-3-2-4-14(9-12)19(25)26-15-7-5-13(6-8-15)10-16-18(24)21(11-17(22)23)20(27)28-16;20-14-7-5-12(6-8-14)11-25-15-4-2-1-3-13(15)9-16-18(24)21(10-17(22)23)19(26)27-16;17-11-7-10(3-4-12(11)18-5-1-2-6-18)8-13-15(22)19(9-14(20)21)16(23)24-13;1-2-19-10-5-3-9(4-6-10)7-11-13(18)15(8-12(16)17)14(20)21-11;/h2-9H,10-11H2,1H3,(H,23,24);2-10H,11H2,1H3,(H,22,23);1-9H,10-11H2,(H,22,23);3-4,7-8H,1-2,5-6,9H2,(H,20,21);3-7H,2,8H2,1H3,(H,16,17);1H4/b17-9-;16-10-;16-9-;13-8-;11-7-;. The number of methoxy groups -OCH3 is 1. The summed E-state index contributed by atoms with van der Waals surface area (Å²) in [5, 5.41) is 44.9. The van der Waals surface area contributed by atoms with Crippen LogP contribution >= 0.6 is 131 Å². The minimum absolute atomic E-state index is 0. The van der Waals surface area contributed by atoms with Gasteiger partial charge in [-0.2, -0.15) is 0 Å². The number of thioether (sulfide) groups is 5. The van der Waals surface area contributed by atoms with Gasteiger partial charge in [0.2, 0.25) is 0 Å². The first-order valence-electron chi connectivity index (χ1n) is 38.1. The Morgan fingerprint density at radius 3 is 1.28 bits per heavy atom.